The number of benzene rings is 1. The van der Waals surface area contributed by atoms with E-state index in [0.717, 1.165) is 34.3 Å². The predicted octanol–water partition coefficient (Wildman–Crippen LogP) is 4.36. The topological polar surface area (TPSA) is 110 Å². The van der Waals surface area contributed by atoms with Crippen molar-refractivity contribution in [3.05, 3.63) is 55.5 Å². The minimum atomic E-state index is -4.02. The standard InChI is InChI=1S/C25H29ClN2O5S3Te.H2O/c1-5-16(12-22-27(6-2)24-21(35-22)15-19(32-3)25(33-4)37-24)13-23-28(10-7-11-36(29,30)31)18-14-17(26)8-9-20(18)34-23;/h8-9,12-15,25H,5-7,10-11H2,1-4H3;1H2. The van der Waals surface area contributed by atoms with Crippen molar-refractivity contribution in [1.29, 1.82) is 0 Å². The number of methoxy groups -OCH3 is 2. The van der Waals surface area contributed by atoms with Crippen molar-refractivity contribution >= 4 is 87.3 Å². The smallest absolute Gasteiger partial charge is 0.870 e. The second kappa shape index (κ2) is 13.5. The number of hydrogen-bond acceptors (Lipinski definition) is 8. The first-order valence-electron chi connectivity index (χ1n) is 11.8. The van der Waals surface area contributed by atoms with Crippen LogP contribution in [0.3, 0.4) is 0 Å². The molecule has 38 heavy (non-hydrogen) atoms. The molecule has 3 heterocycles. The zero-order chi connectivity index (χ0) is 26.7. The summed E-state index contributed by atoms with van der Waals surface area (Å²) >= 11 is 9.08. The van der Waals surface area contributed by atoms with E-state index in [2.05, 4.69) is 41.5 Å². The zero-order valence-electron chi connectivity index (χ0n) is 21.5. The Kier molecular flexibility index (Phi) is 11.2. The number of nitrogens with zero attached hydrogens (tertiary/aromatic N) is 2. The molecule has 208 valence electrons. The number of thioether (sulfide) groups is 1. The summed E-state index contributed by atoms with van der Waals surface area (Å²) in [7, 11) is -0.579. The molecule has 0 saturated heterocycles. The van der Waals surface area contributed by atoms with Gasteiger partial charge in [0.1, 0.15) is 0 Å². The molecule has 2 N–H and O–H groups in total. The van der Waals surface area contributed by atoms with Crippen LogP contribution in [0.2, 0.25) is 5.02 Å². The molecule has 0 amide bonds. The third-order valence-electron chi connectivity index (χ3n) is 5.93. The molecule has 2 aliphatic rings. The van der Waals surface area contributed by atoms with E-state index < -0.39 is 31.0 Å². The Bertz CT molecular complexity index is 1370. The summed E-state index contributed by atoms with van der Waals surface area (Å²) < 4.78 is 46.9. The van der Waals surface area contributed by atoms with Crippen molar-refractivity contribution in [1.82, 2.24) is 0 Å². The summed E-state index contributed by atoms with van der Waals surface area (Å²) in [6, 6.07) is 5.76. The quantitative estimate of drug-likeness (QED) is 0.220. The van der Waals surface area contributed by atoms with Gasteiger partial charge in [-0.15, -0.1) is 0 Å². The normalized spacial score (nSPS) is 18.2. The first-order chi connectivity index (χ1) is 17.7. The molecule has 0 aliphatic carbocycles. The number of anilines is 1. The van der Waals surface area contributed by atoms with E-state index in [1.807, 2.05) is 18.2 Å². The number of thiazole rings is 1. The van der Waals surface area contributed by atoms with E-state index >= 15 is 0 Å². The number of fused-ring (bicyclic) bond motifs is 2. The number of ether oxygens (including phenoxy) is 2. The number of allylic oxidation sites excluding steroid dienone is 2. The van der Waals surface area contributed by atoms with Crippen LogP contribution in [0.4, 0.5) is 5.69 Å². The zero-order valence-corrected chi connectivity index (χ0v) is 27.0. The third-order valence-corrected chi connectivity index (χ3v) is 13.3. The van der Waals surface area contributed by atoms with Crippen LogP contribution in [0.25, 0.3) is 12.2 Å². The molecule has 1 aromatic heterocycles. The van der Waals surface area contributed by atoms with Crippen molar-refractivity contribution in [2.75, 3.05) is 31.4 Å². The van der Waals surface area contributed by atoms with Crippen molar-refractivity contribution in [3.63, 3.8) is 0 Å². The molecule has 0 bridgehead atoms. The van der Waals surface area contributed by atoms with E-state index in [1.165, 1.54) is 19.2 Å². The van der Waals surface area contributed by atoms with E-state index in [-0.39, 0.29) is 15.4 Å². The number of hydrogen-bond donors (Lipinski definition) is 1. The molecule has 0 spiro atoms. The van der Waals surface area contributed by atoms with Gasteiger partial charge in [-0.05, 0) is 0 Å². The minimum absolute atomic E-state index is 0. The second-order valence-electron chi connectivity index (χ2n) is 8.35. The van der Waals surface area contributed by atoms with Gasteiger partial charge in [0, 0.05) is 0 Å². The van der Waals surface area contributed by atoms with Gasteiger partial charge in [0.05, 0.1) is 0 Å². The van der Waals surface area contributed by atoms with Gasteiger partial charge in [-0.2, -0.15) is 8.42 Å². The summed E-state index contributed by atoms with van der Waals surface area (Å²) in [6.45, 7) is 5.64. The summed E-state index contributed by atoms with van der Waals surface area (Å²) in [6.07, 6.45) is 7.68. The summed E-state index contributed by atoms with van der Waals surface area (Å²) in [5.41, 5.74) is 2.13. The van der Waals surface area contributed by atoms with Crippen LogP contribution in [0, 0.1) is 0 Å². The minimum Gasteiger partial charge on any atom is -0.870 e. The van der Waals surface area contributed by atoms with Gasteiger partial charge in [0.25, 0.3) is 0 Å². The monoisotopic (exact) mass is 716 g/mol. The average molecular weight is 715 g/mol. The van der Waals surface area contributed by atoms with E-state index in [4.69, 9.17) is 21.1 Å². The summed E-state index contributed by atoms with van der Waals surface area (Å²) in [4.78, 5) is 4.41. The molecule has 0 fully saturated rings. The Morgan fingerprint density at radius 2 is 2.08 bits per heavy atom. The molecule has 2 aromatic rings. The first-order valence-corrected chi connectivity index (χ1v) is 17.9. The van der Waals surface area contributed by atoms with Gasteiger partial charge in [0.15, 0.2) is 0 Å². The molecular weight excluding hydrogens is 684 g/mol. The van der Waals surface area contributed by atoms with E-state index in [9.17, 15) is 13.0 Å². The van der Waals surface area contributed by atoms with Gasteiger partial charge in [-0.1, -0.05) is 0 Å². The van der Waals surface area contributed by atoms with Crippen LogP contribution < -0.4 is 13.2 Å². The third kappa shape index (κ3) is 7.16. The predicted molar refractivity (Wildman–Crippen MR) is 155 cm³/mol. The van der Waals surface area contributed by atoms with Crippen molar-refractivity contribution in [3.8, 4) is 0 Å². The van der Waals surface area contributed by atoms with Gasteiger partial charge in [-0.25, -0.2) is 0 Å². The Labute approximate surface area is 247 Å². The number of rotatable bonds is 10. The van der Waals surface area contributed by atoms with Crippen LogP contribution >= 0.6 is 34.7 Å². The second-order valence-corrected chi connectivity index (χ2v) is 15.5. The van der Waals surface area contributed by atoms with E-state index in [0.29, 0.717) is 18.0 Å². The number of halogens is 1. The van der Waals surface area contributed by atoms with E-state index in [1.54, 1.807) is 37.3 Å². The van der Waals surface area contributed by atoms with Gasteiger partial charge >= 0.3 is 231 Å². The van der Waals surface area contributed by atoms with Crippen LogP contribution in [-0.4, -0.2) is 70.0 Å². The fraction of sp³-hybridized carbons (Fsp3) is 0.400. The molecule has 0 radical (unpaired) electrons. The van der Waals surface area contributed by atoms with Gasteiger partial charge in [0.2, 0.25) is 0 Å². The Balaban J connectivity index is 0.00000400. The van der Waals surface area contributed by atoms with Crippen molar-refractivity contribution in [2.24, 2.45) is 0 Å². The van der Waals surface area contributed by atoms with Gasteiger partial charge in [-0.3, -0.25) is 4.55 Å². The van der Waals surface area contributed by atoms with Crippen LogP contribution in [-0.2, 0) is 26.1 Å². The molecular formula is C25H31ClN2O6S3Te. The SMILES string of the molecule is CCC(=Cc1sc2c([n+]1CC)[Te]C(OC)C(OC)=C2)C=C1Sc2ccc(Cl)cc2N1CCCS(=O)(=O)O.[OH-]. The molecule has 0 saturated carbocycles. The van der Waals surface area contributed by atoms with Crippen molar-refractivity contribution in [2.45, 2.75) is 42.3 Å². The Morgan fingerprint density at radius 3 is 2.71 bits per heavy atom. The molecule has 1 unspecified atom stereocenters. The molecule has 13 heteroatoms. The fourth-order valence-corrected chi connectivity index (χ4v) is 11.1. The van der Waals surface area contributed by atoms with Crippen molar-refractivity contribution < 1.29 is 32.5 Å². The molecule has 4 rings (SSSR count). The Morgan fingerprint density at radius 1 is 1.32 bits per heavy atom. The van der Waals surface area contributed by atoms with Crippen LogP contribution in [0.5, 0.6) is 0 Å². The summed E-state index contributed by atoms with van der Waals surface area (Å²) in [5, 5.41) is 2.83. The first kappa shape index (κ1) is 31.5. The van der Waals surface area contributed by atoms with Crippen LogP contribution in [0.15, 0.2) is 45.5 Å². The average Bonchev–Trinajstić information content (AvgIpc) is 3.37. The number of aromatic nitrogens is 1. The molecule has 1 aromatic carbocycles. The van der Waals surface area contributed by atoms with Crippen LogP contribution in [0.1, 0.15) is 36.6 Å². The fourth-order valence-electron chi connectivity index (χ4n) is 4.12. The molecule has 1 atom stereocenters. The maximum atomic E-state index is 11.3. The maximum absolute atomic E-state index is 11.3. The Hall–Kier alpha value is -1.07. The summed E-state index contributed by atoms with van der Waals surface area (Å²) in [5.74, 6) is 0.614. The van der Waals surface area contributed by atoms with Gasteiger partial charge < -0.3 is 5.48 Å². The molecule has 8 nitrogen and oxygen atoms in total. The molecule has 2 aliphatic heterocycles.